The number of nitrogens with zero attached hydrogens (tertiary/aromatic N) is 6. The van der Waals surface area contributed by atoms with Crippen LogP contribution in [0.5, 0.6) is 0 Å². The van der Waals surface area contributed by atoms with Gasteiger partial charge in [-0.1, -0.05) is 35.7 Å². The summed E-state index contributed by atoms with van der Waals surface area (Å²) in [5, 5.41) is 20.2. The largest absolute Gasteiger partial charge is 0.459 e. The Bertz CT molecular complexity index is 1390. The number of rotatable bonds is 17. The fourth-order valence-corrected chi connectivity index (χ4v) is 3.27. The number of carbonyl (C=O) groups excluding carboxylic acids is 4. The molecule has 0 aliphatic rings. The minimum Gasteiger partial charge on any atom is -0.459 e. The molecule has 46 heavy (non-hydrogen) atoms. The van der Waals surface area contributed by atoms with Gasteiger partial charge in [0.15, 0.2) is 0 Å². The molecule has 0 saturated carbocycles. The second kappa shape index (κ2) is 18.4. The minimum absolute atomic E-state index is 0.0763. The number of aryl methyl sites for hydroxylation is 2. The van der Waals surface area contributed by atoms with E-state index in [0.29, 0.717) is 24.5 Å². The van der Waals surface area contributed by atoms with Gasteiger partial charge in [0.2, 0.25) is 0 Å². The van der Waals surface area contributed by atoms with Crippen molar-refractivity contribution in [2.45, 2.75) is 27.7 Å². The van der Waals surface area contributed by atoms with Gasteiger partial charge in [0, 0.05) is 25.2 Å². The number of likely N-dealkylation sites (N-methyl/N-ethyl adjacent to an activating group) is 2. The zero-order chi connectivity index (χ0) is 34.2. The van der Waals surface area contributed by atoms with Gasteiger partial charge in [-0.15, -0.1) is 10.2 Å². The Hall–Kier alpha value is -5.40. The Balaban J connectivity index is 1.87. The summed E-state index contributed by atoms with van der Waals surface area (Å²) in [6.07, 6.45) is 0. The Morgan fingerprint density at radius 2 is 0.978 bits per heavy atom. The van der Waals surface area contributed by atoms with Gasteiger partial charge >= 0.3 is 23.9 Å². The van der Waals surface area contributed by atoms with Gasteiger partial charge in [0.05, 0.1) is 35.6 Å². The molecule has 0 aromatic heterocycles. The topological polar surface area (TPSA) is 161 Å². The predicted octanol–water partition coefficient (Wildman–Crippen LogP) is 5.42. The molecule has 0 saturated heterocycles. The Morgan fingerprint density at radius 3 is 1.33 bits per heavy atom. The summed E-state index contributed by atoms with van der Waals surface area (Å²) in [4.78, 5) is 47.6. The van der Waals surface area contributed by atoms with E-state index in [2.05, 4.69) is 33.8 Å². The van der Waals surface area contributed by atoms with E-state index in [-0.39, 0.29) is 48.7 Å². The van der Waals surface area contributed by atoms with Gasteiger partial charge < -0.3 is 18.9 Å². The summed E-state index contributed by atoms with van der Waals surface area (Å²) in [5.41, 5.74) is 3.69. The highest BCUT2D eigenvalue weighted by molar-refractivity contribution is 5.91. The van der Waals surface area contributed by atoms with Crippen LogP contribution in [0.15, 0.2) is 81.4 Å². The van der Waals surface area contributed by atoms with E-state index in [4.69, 9.17) is 18.9 Å². The summed E-state index contributed by atoms with van der Waals surface area (Å²) in [6.45, 7) is 14.3. The first-order valence-corrected chi connectivity index (χ1v) is 14.2. The number of ether oxygens (including phenoxy) is 4. The number of esters is 4. The average molecular weight is 637 g/mol. The SMILES string of the molecule is C=C(C)C(=O)OCCOC(=O)c1ccc(C)c(N=NN(C)CCN(C)N=Nc2cc(C(=O)OCCOC(=O)C(=C)C)ccc2C)c1. The van der Waals surface area contributed by atoms with E-state index in [1.807, 2.05) is 13.8 Å². The Kier molecular flexibility index (Phi) is 14.7. The van der Waals surface area contributed by atoms with E-state index in [1.165, 1.54) is 13.8 Å². The second-order valence-electron chi connectivity index (χ2n) is 10.2. The molecule has 0 radical (unpaired) electrons. The van der Waals surface area contributed by atoms with Crippen LogP contribution >= 0.6 is 0 Å². The van der Waals surface area contributed by atoms with Crippen LogP contribution in [-0.2, 0) is 28.5 Å². The second-order valence-corrected chi connectivity index (χ2v) is 10.2. The molecule has 0 heterocycles. The molecule has 2 aromatic carbocycles. The lowest BCUT2D eigenvalue weighted by atomic mass is 10.1. The number of hydrogen-bond donors (Lipinski definition) is 0. The molecule has 2 rings (SSSR count). The van der Waals surface area contributed by atoms with Crippen LogP contribution in [0.1, 0.15) is 45.7 Å². The molecule has 246 valence electrons. The standard InChI is InChI=1S/C32H40N6O8/c1-21(2)29(39)43-15-17-45-31(41)25-11-9-23(5)27(19-25)33-35-37(7)13-14-38(8)36-34-28-20-26(12-10-24(28)6)32(42)46-18-16-44-30(40)22(3)4/h9-12,19-20H,1,3,13-18H2,2,4-8H3. The summed E-state index contributed by atoms with van der Waals surface area (Å²) in [7, 11) is 3.49. The van der Waals surface area contributed by atoms with Gasteiger partial charge in [-0.05, 0) is 63.1 Å². The molecule has 0 amide bonds. The van der Waals surface area contributed by atoms with Crippen LogP contribution in [0.25, 0.3) is 0 Å². The normalized spacial score (nSPS) is 10.8. The maximum absolute atomic E-state index is 12.4. The average Bonchev–Trinajstić information content (AvgIpc) is 3.02. The van der Waals surface area contributed by atoms with E-state index < -0.39 is 23.9 Å². The third-order valence-electron chi connectivity index (χ3n) is 6.04. The van der Waals surface area contributed by atoms with Gasteiger partial charge in [-0.3, -0.25) is 10.0 Å². The zero-order valence-electron chi connectivity index (χ0n) is 27.1. The molecule has 0 aliphatic carbocycles. The zero-order valence-corrected chi connectivity index (χ0v) is 27.1. The smallest absolute Gasteiger partial charge is 0.338 e. The quantitative estimate of drug-likeness (QED) is 0.0548. The molecule has 14 nitrogen and oxygen atoms in total. The molecule has 0 N–H and O–H groups in total. The first-order valence-electron chi connectivity index (χ1n) is 14.2. The van der Waals surface area contributed by atoms with Crippen LogP contribution in [0.3, 0.4) is 0 Å². The van der Waals surface area contributed by atoms with Crippen molar-refractivity contribution < 1.29 is 38.1 Å². The Labute approximate surface area is 268 Å². The summed E-state index contributed by atoms with van der Waals surface area (Å²) >= 11 is 0. The van der Waals surface area contributed by atoms with Crippen molar-refractivity contribution in [2.24, 2.45) is 20.7 Å². The third-order valence-corrected chi connectivity index (χ3v) is 6.04. The predicted molar refractivity (Wildman–Crippen MR) is 169 cm³/mol. The van der Waals surface area contributed by atoms with Crippen molar-refractivity contribution in [3.8, 4) is 0 Å². The van der Waals surface area contributed by atoms with Crippen LogP contribution in [-0.4, -0.2) is 87.5 Å². The van der Waals surface area contributed by atoms with Crippen molar-refractivity contribution in [1.82, 2.24) is 10.0 Å². The van der Waals surface area contributed by atoms with Crippen molar-refractivity contribution in [3.63, 3.8) is 0 Å². The molecule has 14 heteroatoms. The first kappa shape index (κ1) is 36.8. The molecule has 0 fully saturated rings. The van der Waals surface area contributed by atoms with Crippen molar-refractivity contribution in [2.75, 3.05) is 53.6 Å². The lowest BCUT2D eigenvalue weighted by Gasteiger charge is -2.16. The van der Waals surface area contributed by atoms with E-state index in [1.54, 1.807) is 60.5 Å². The summed E-state index contributed by atoms with van der Waals surface area (Å²) < 4.78 is 20.2. The molecule has 0 atom stereocenters. The number of benzene rings is 2. The molecule has 0 bridgehead atoms. The van der Waals surface area contributed by atoms with Crippen molar-refractivity contribution in [3.05, 3.63) is 83.0 Å². The van der Waals surface area contributed by atoms with Gasteiger partial charge in [0.1, 0.15) is 26.4 Å². The van der Waals surface area contributed by atoms with Crippen LogP contribution in [0.2, 0.25) is 0 Å². The van der Waals surface area contributed by atoms with Crippen molar-refractivity contribution in [1.29, 1.82) is 0 Å². The lowest BCUT2D eigenvalue weighted by Crippen LogP contribution is -2.24. The van der Waals surface area contributed by atoms with Gasteiger partial charge in [-0.2, -0.15) is 0 Å². The molecule has 0 aliphatic heterocycles. The summed E-state index contributed by atoms with van der Waals surface area (Å²) in [5.74, 6) is -2.26. The number of hydrogen-bond acceptors (Lipinski definition) is 12. The van der Waals surface area contributed by atoms with Gasteiger partial charge in [0.25, 0.3) is 0 Å². The first-order chi connectivity index (χ1) is 21.8. The van der Waals surface area contributed by atoms with Crippen LogP contribution in [0, 0.1) is 13.8 Å². The van der Waals surface area contributed by atoms with Crippen molar-refractivity contribution >= 4 is 35.3 Å². The number of carbonyl (C=O) groups is 4. The molecular formula is C32H40N6O8. The fourth-order valence-electron chi connectivity index (χ4n) is 3.27. The van der Waals surface area contributed by atoms with E-state index >= 15 is 0 Å². The molecule has 0 spiro atoms. The summed E-state index contributed by atoms with van der Waals surface area (Å²) in [6, 6.07) is 9.84. The highest BCUT2D eigenvalue weighted by Crippen LogP contribution is 2.23. The highest BCUT2D eigenvalue weighted by atomic mass is 16.6. The maximum Gasteiger partial charge on any atom is 0.338 e. The monoisotopic (exact) mass is 636 g/mol. The third kappa shape index (κ3) is 12.7. The fraction of sp³-hybridized carbons (Fsp3) is 0.375. The molecule has 2 aromatic rings. The van der Waals surface area contributed by atoms with Crippen LogP contribution < -0.4 is 0 Å². The Morgan fingerprint density at radius 1 is 0.630 bits per heavy atom. The van der Waals surface area contributed by atoms with Gasteiger partial charge in [-0.25, -0.2) is 19.2 Å². The minimum atomic E-state index is -0.581. The van der Waals surface area contributed by atoms with Crippen LogP contribution in [0.4, 0.5) is 11.4 Å². The molecule has 0 unspecified atom stereocenters. The molecular weight excluding hydrogens is 596 g/mol. The van der Waals surface area contributed by atoms with E-state index in [9.17, 15) is 19.2 Å². The maximum atomic E-state index is 12.4. The lowest BCUT2D eigenvalue weighted by molar-refractivity contribution is -0.140. The highest BCUT2D eigenvalue weighted by Gasteiger charge is 2.12. The van der Waals surface area contributed by atoms with E-state index in [0.717, 1.165) is 11.1 Å².